The maximum absolute atomic E-state index is 11.2. The van der Waals surface area contributed by atoms with Crippen LogP contribution < -0.4 is 14.8 Å². The van der Waals surface area contributed by atoms with Crippen molar-refractivity contribution in [3.05, 3.63) is 29.8 Å². The van der Waals surface area contributed by atoms with Gasteiger partial charge in [0.15, 0.2) is 5.78 Å². The summed E-state index contributed by atoms with van der Waals surface area (Å²) in [6, 6.07) is 7.02. The number of ether oxygens (including phenoxy) is 2. The Kier molecular flexibility index (Phi) is 4.24. The zero-order valence-electron chi connectivity index (χ0n) is 11.6. The molecular formula is C14H16N2O4. The second-order valence-electron chi connectivity index (χ2n) is 4.04. The van der Waals surface area contributed by atoms with Gasteiger partial charge in [0, 0.05) is 11.3 Å². The average molecular weight is 276 g/mol. The molecule has 0 radical (unpaired) electrons. The van der Waals surface area contributed by atoms with E-state index in [1.54, 1.807) is 24.3 Å². The molecule has 0 aliphatic carbocycles. The maximum atomic E-state index is 11.2. The van der Waals surface area contributed by atoms with Gasteiger partial charge in [-0.15, -0.1) is 0 Å². The largest absolute Gasteiger partial charge is 0.487 e. The molecule has 1 aromatic heterocycles. The Morgan fingerprint density at radius 2 is 2.05 bits per heavy atom. The van der Waals surface area contributed by atoms with Crippen molar-refractivity contribution >= 4 is 17.4 Å². The maximum Gasteiger partial charge on any atom is 0.299 e. The summed E-state index contributed by atoms with van der Waals surface area (Å²) >= 11 is 0. The van der Waals surface area contributed by atoms with Crippen molar-refractivity contribution in [2.24, 2.45) is 0 Å². The van der Waals surface area contributed by atoms with E-state index in [-0.39, 0.29) is 5.78 Å². The standard InChI is InChI=1S/C14H16N2O4/c1-4-19-14-12(18-3)13(20-16-14)15-11-7-5-10(6-8-11)9(2)17/h5-8,15H,4H2,1-3H3. The zero-order valence-corrected chi connectivity index (χ0v) is 11.6. The van der Waals surface area contributed by atoms with Crippen molar-refractivity contribution in [2.75, 3.05) is 19.0 Å². The summed E-state index contributed by atoms with van der Waals surface area (Å²) in [5, 5.41) is 6.80. The predicted octanol–water partition coefficient (Wildman–Crippen LogP) is 3.03. The van der Waals surface area contributed by atoms with Crippen molar-refractivity contribution < 1.29 is 18.8 Å². The summed E-state index contributed by atoms with van der Waals surface area (Å²) in [7, 11) is 1.51. The second-order valence-corrected chi connectivity index (χ2v) is 4.04. The zero-order chi connectivity index (χ0) is 14.5. The SMILES string of the molecule is CCOc1noc(Nc2ccc(C(C)=O)cc2)c1OC. The highest BCUT2D eigenvalue weighted by molar-refractivity contribution is 5.94. The Balaban J connectivity index is 2.19. The number of rotatable bonds is 6. The van der Waals surface area contributed by atoms with E-state index in [9.17, 15) is 4.79 Å². The van der Waals surface area contributed by atoms with E-state index >= 15 is 0 Å². The molecule has 0 aliphatic heterocycles. The van der Waals surface area contributed by atoms with Crippen molar-refractivity contribution in [2.45, 2.75) is 13.8 Å². The molecule has 0 saturated carbocycles. The first-order chi connectivity index (χ1) is 9.65. The van der Waals surface area contributed by atoms with Gasteiger partial charge < -0.3 is 19.3 Å². The van der Waals surface area contributed by atoms with Crippen LogP contribution in [0.3, 0.4) is 0 Å². The first kappa shape index (κ1) is 13.9. The number of aromatic nitrogens is 1. The monoisotopic (exact) mass is 276 g/mol. The van der Waals surface area contributed by atoms with Crippen molar-refractivity contribution in [1.29, 1.82) is 0 Å². The Labute approximate surface area is 116 Å². The van der Waals surface area contributed by atoms with Gasteiger partial charge in [-0.05, 0) is 43.3 Å². The molecule has 0 unspecified atom stereocenters. The number of Topliss-reactive ketones (excluding diaryl/α,β-unsaturated/α-hetero) is 1. The quantitative estimate of drug-likeness (QED) is 0.817. The molecule has 0 spiro atoms. The Hall–Kier alpha value is -2.50. The van der Waals surface area contributed by atoms with Gasteiger partial charge in [-0.25, -0.2) is 0 Å². The van der Waals surface area contributed by atoms with Crippen LogP contribution in [0.2, 0.25) is 0 Å². The lowest BCUT2D eigenvalue weighted by Gasteiger charge is -2.05. The summed E-state index contributed by atoms with van der Waals surface area (Å²) < 4.78 is 15.6. The summed E-state index contributed by atoms with van der Waals surface area (Å²) in [6.07, 6.45) is 0. The smallest absolute Gasteiger partial charge is 0.299 e. The van der Waals surface area contributed by atoms with Gasteiger partial charge in [-0.2, -0.15) is 0 Å². The number of hydrogen-bond donors (Lipinski definition) is 1. The molecule has 0 bridgehead atoms. The molecule has 0 saturated heterocycles. The van der Waals surface area contributed by atoms with E-state index < -0.39 is 0 Å². The Bertz CT molecular complexity index is 590. The van der Waals surface area contributed by atoms with Crippen LogP contribution in [0.4, 0.5) is 11.6 Å². The highest BCUT2D eigenvalue weighted by Gasteiger charge is 2.18. The van der Waals surface area contributed by atoms with Gasteiger partial charge in [0.1, 0.15) is 0 Å². The van der Waals surface area contributed by atoms with E-state index in [4.69, 9.17) is 14.0 Å². The van der Waals surface area contributed by atoms with Crippen LogP contribution in [-0.4, -0.2) is 24.7 Å². The third-order valence-corrected chi connectivity index (χ3v) is 2.65. The molecule has 0 amide bonds. The number of nitrogens with zero attached hydrogens (tertiary/aromatic N) is 1. The molecule has 2 aromatic rings. The minimum absolute atomic E-state index is 0.0208. The van der Waals surface area contributed by atoms with Gasteiger partial charge >= 0.3 is 0 Å². The van der Waals surface area contributed by atoms with E-state index in [2.05, 4.69) is 10.5 Å². The van der Waals surface area contributed by atoms with Crippen LogP contribution in [-0.2, 0) is 0 Å². The average Bonchev–Trinajstić information content (AvgIpc) is 2.82. The number of anilines is 2. The number of benzene rings is 1. The van der Waals surface area contributed by atoms with E-state index in [1.165, 1.54) is 14.0 Å². The lowest BCUT2D eigenvalue weighted by atomic mass is 10.1. The minimum atomic E-state index is 0.0208. The number of carbonyl (C=O) groups is 1. The highest BCUT2D eigenvalue weighted by atomic mass is 16.6. The third kappa shape index (κ3) is 2.90. The van der Waals surface area contributed by atoms with Gasteiger partial charge in [0.2, 0.25) is 5.75 Å². The second kappa shape index (κ2) is 6.10. The van der Waals surface area contributed by atoms with Crippen LogP contribution in [0.15, 0.2) is 28.8 Å². The summed E-state index contributed by atoms with van der Waals surface area (Å²) in [5.41, 5.74) is 1.41. The number of methoxy groups -OCH3 is 1. The van der Waals surface area contributed by atoms with Crippen molar-refractivity contribution in [1.82, 2.24) is 5.16 Å². The van der Waals surface area contributed by atoms with E-state index in [0.717, 1.165) is 5.69 Å². The van der Waals surface area contributed by atoms with Crippen LogP contribution in [0.5, 0.6) is 11.6 Å². The van der Waals surface area contributed by atoms with Crippen LogP contribution >= 0.6 is 0 Å². The van der Waals surface area contributed by atoms with Gasteiger partial charge in [0.05, 0.1) is 13.7 Å². The number of nitrogens with one attached hydrogen (secondary N) is 1. The number of ketones is 1. The van der Waals surface area contributed by atoms with Gasteiger partial charge in [-0.1, -0.05) is 0 Å². The number of carbonyl (C=O) groups excluding carboxylic acids is 1. The topological polar surface area (TPSA) is 73.6 Å². The molecule has 6 nitrogen and oxygen atoms in total. The summed E-state index contributed by atoms with van der Waals surface area (Å²) in [4.78, 5) is 11.2. The molecular weight excluding hydrogens is 260 g/mol. The molecule has 106 valence electrons. The fraction of sp³-hybridized carbons (Fsp3) is 0.286. The molecule has 6 heteroatoms. The molecule has 1 aromatic carbocycles. The first-order valence-electron chi connectivity index (χ1n) is 6.20. The van der Waals surface area contributed by atoms with Gasteiger partial charge in [-0.3, -0.25) is 4.79 Å². The molecule has 1 heterocycles. The Morgan fingerprint density at radius 1 is 1.35 bits per heavy atom. The molecule has 0 aliphatic rings. The first-order valence-corrected chi connectivity index (χ1v) is 6.20. The van der Waals surface area contributed by atoms with Crippen LogP contribution in [0, 0.1) is 0 Å². The fourth-order valence-electron chi connectivity index (χ4n) is 1.67. The Morgan fingerprint density at radius 3 is 2.60 bits per heavy atom. The lowest BCUT2D eigenvalue weighted by molar-refractivity contribution is 0.101. The number of hydrogen-bond acceptors (Lipinski definition) is 6. The third-order valence-electron chi connectivity index (χ3n) is 2.65. The predicted molar refractivity (Wildman–Crippen MR) is 74.0 cm³/mol. The van der Waals surface area contributed by atoms with Crippen LogP contribution in [0.25, 0.3) is 0 Å². The lowest BCUT2D eigenvalue weighted by Crippen LogP contribution is -1.96. The molecule has 20 heavy (non-hydrogen) atoms. The molecule has 0 fully saturated rings. The molecule has 2 rings (SSSR count). The van der Waals surface area contributed by atoms with Crippen LogP contribution in [0.1, 0.15) is 24.2 Å². The minimum Gasteiger partial charge on any atom is -0.487 e. The van der Waals surface area contributed by atoms with Crippen molar-refractivity contribution in [3.63, 3.8) is 0 Å². The van der Waals surface area contributed by atoms with E-state index in [1.807, 2.05) is 6.92 Å². The van der Waals surface area contributed by atoms with E-state index in [0.29, 0.717) is 29.7 Å². The fourth-order valence-corrected chi connectivity index (χ4v) is 1.67. The highest BCUT2D eigenvalue weighted by Crippen LogP contribution is 2.36. The summed E-state index contributed by atoms with van der Waals surface area (Å²) in [6.45, 7) is 3.84. The molecule has 0 atom stereocenters. The van der Waals surface area contributed by atoms with Gasteiger partial charge in [0.25, 0.3) is 11.8 Å². The van der Waals surface area contributed by atoms with Crippen molar-refractivity contribution in [3.8, 4) is 11.6 Å². The molecule has 1 N–H and O–H groups in total. The normalized spacial score (nSPS) is 10.2. The summed E-state index contributed by atoms with van der Waals surface area (Å²) in [5.74, 6) is 1.08.